The highest BCUT2D eigenvalue weighted by molar-refractivity contribution is 5.92. The molecule has 7 heteroatoms. The van der Waals surface area contributed by atoms with E-state index in [9.17, 15) is 4.79 Å². The Morgan fingerprint density at radius 2 is 2.04 bits per heavy atom. The lowest BCUT2D eigenvalue weighted by Crippen LogP contribution is -2.46. The van der Waals surface area contributed by atoms with E-state index in [-0.39, 0.29) is 11.9 Å². The maximum Gasteiger partial charge on any atom is 0.274 e. The van der Waals surface area contributed by atoms with Gasteiger partial charge in [-0.15, -0.1) is 10.2 Å². The van der Waals surface area contributed by atoms with Crippen LogP contribution in [0.15, 0.2) is 18.2 Å². The summed E-state index contributed by atoms with van der Waals surface area (Å²) in [7, 11) is 3.81. The Morgan fingerprint density at radius 3 is 2.64 bits per heavy atom. The lowest BCUT2D eigenvalue weighted by Gasteiger charge is -2.35. The first-order chi connectivity index (χ1) is 12.0. The van der Waals surface area contributed by atoms with Gasteiger partial charge in [-0.3, -0.25) is 9.48 Å². The maximum absolute atomic E-state index is 13.0. The number of hydrogen-bond donors (Lipinski definition) is 0. The number of likely N-dealkylation sites (tertiary alicyclic amines) is 1. The third-order valence-corrected chi connectivity index (χ3v) is 4.70. The predicted molar refractivity (Wildman–Crippen MR) is 96.7 cm³/mol. The molecule has 0 N–H and O–H groups in total. The van der Waals surface area contributed by atoms with Crippen molar-refractivity contribution in [3.8, 4) is 0 Å². The van der Waals surface area contributed by atoms with Crippen LogP contribution in [0.1, 0.15) is 41.1 Å². The summed E-state index contributed by atoms with van der Waals surface area (Å²) in [5.74, 6) is 0.707. The first kappa shape index (κ1) is 17.4. The number of carbonyl (C=O) groups excluding carboxylic acids is 1. The molecule has 25 heavy (non-hydrogen) atoms. The number of amides is 1. The van der Waals surface area contributed by atoms with Crippen LogP contribution in [0.25, 0.3) is 0 Å². The smallest absolute Gasteiger partial charge is 0.274 e. The lowest BCUT2D eigenvalue weighted by molar-refractivity contribution is 0.0575. The molecule has 7 nitrogen and oxygen atoms in total. The molecule has 2 aromatic rings. The molecule has 1 aliphatic rings. The van der Waals surface area contributed by atoms with Gasteiger partial charge in [-0.25, -0.2) is 0 Å². The number of hydrogen-bond acceptors (Lipinski definition) is 5. The van der Waals surface area contributed by atoms with Gasteiger partial charge < -0.3 is 9.80 Å². The highest BCUT2D eigenvalue weighted by Crippen LogP contribution is 2.21. The molecule has 3 heterocycles. The molecule has 0 aliphatic carbocycles. The van der Waals surface area contributed by atoms with Gasteiger partial charge in [0.05, 0.1) is 18.3 Å². The zero-order valence-corrected chi connectivity index (χ0v) is 15.4. The van der Waals surface area contributed by atoms with Crippen LogP contribution >= 0.6 is 0 Å². The van der Waals surface area contributed by atoms with Crippen molar-refractivity contribution in [3.05, 3.63) is 35.3 Å². The molecule has 134 valence electrons. The molecule has 0 spiro atoms. The third-order valence-electron chi connectivity index (χ3n) is 4.70. The Balaban J connectivity index is 1.77. The summed E-state index contributed by atoms with van der Waals surface area (Å²) in [6, 6.07) is 5.81. The van der Waals surface area contributed by atoms with Crippen molar-refractivity contribution < 1.29 is 4.79 Å². The van der Waals surface area contributed by atoms with E-state index in [0.29, 0.717) is 5.69 Å². The van der Waals surface area contributed by atoms with Crippen LogP contribution in [0, 0.1) is 13.8 Å². The highest BCUT2D eigenvalue weighted by atomic mass is 16.2. The molecule has 0 saturated carbocycles. The molecular weight excluding hydrogens is 316 g/mol. The monoisotopic (exact) mass is 342 g/mol. The normalized spacial score (nSPS) is 17.6. The van der Waals surface area contributed by atoms with E-state index in [1.54, 1.807) is 6.07 Å². The molecule has 0 aromatic carbocycles. The summed E-state index contributed by atoms with van der Waals surface area (Å²) >= 11 is 0. The summed E-state index contributed by atoms with van der Waals surface area (Å²) in [5.41, 5.74) is 2.55. The van der Waals surface area contributed by atoms with Crippen LogP contribution < -0.4 is 4.90 Å². The molecule has 3 rings (SSSR count). The van der Waals surface area contributed by atoms with E-state index in [2.05, 4.69) is 28.3 Å². The first-order valence-electron chi connectivity index (χ1n) is 8.79. The van der Waals surface area contributed by atoms with Crippen LogP contribution in [-0.2, 0) is 6.54 Å². The third kappa shape index (κ3) is 3.81. The summed E-state index contributed by atoms with van der Waals surface area (Å²) in [6.07, 6.45) is 3.16. The summed E-state index contributed by atoms with van der Waals surface area (Å²) in [4.78, 5) is 16.8. The number of rotatable bonds is 4. The van der Waals surface area contributed by atoms with Crippen molar-refractivity contribution in [2.24, 2.45) is 0 Å². The van der Waals surface area contributed by atoms with Gasteiger partial charge in [-0.05, 0) is 51.3 Å². The summed E-state index contributed by atoms with van der Waals surface area (Å²) in [5, 5.41) is 12.8. The second-order valence-electron chi connectivity index (χ2n) is 6.93. The van der Waals surface area contributed by atoms with Gasteiger partial charge in [0.25, 0.3) is 5.91 Å². The Labute approximate surface area is 148 Å². The Hall–Kier alpha value is -2.44. The fourth-order valence-electron chi connectivity index (χ4n) is 3.34. The summed E-state index contributed by atoms with van der Waals surface area (Å²) < 4.78 is 2.01. The minimum Gasteiger partial charge on any atom is -0.361 e. The highest BCUT2D eigenvalue weighted by Gasteiger charge is 2.29. The van der Waals surface area contributed by atoms with Crippen molar-refractivity contribution in [1.29, 1.82) is 0 Å². The van der Waals surface area contributed by atoms with Gasteiger partial charge in [-0.1, -0.05) is 0 Å². The van der Waals surface area contributed by atoms with Gasteiger partial charge in [0.15, 0.2) is 11.5 Å². The van der Waals surface area contributed by atoms with Gasteiger partial charge >= 0.3 is 0 Å². The molecule has 0 radical (unpaired) electrons. The molecule has 1 aliphatic heterocycles. The fraction of sp³-hybridized carbons (Fsp3) is 0.556. The Kier molecular flexibility index (Phi) is 5.01. The zero-order valence-electron chi connectivity index (χ0n) is 15.4. The Morgan fingerprint density at radius 1 is 1.24 bits per heavy atom. The van der Waals surface area contributed by atoms with E-state index in [4.69, 9.17) is 0 Å². The van der Waals surface area contributed by atoms with Gasteiger partial charge in [0.1, 0.15) is 0 Å². The van der Waals surface area contributed by atoms with Crippen molar-refractivity contribution in [2.45, 2.75) is 45.7 Å². The second kappa shape index (κ2) is 7.21. The number of aromatic nitrogens is 4. The van der Waals surface area contributed by atoms with E-state index in [0.717, 1.165) is 49.6 Å². The molecule has 0 bridgehead atoms. The average Bonchev–Trinajstić information content (AvgIpc) is 2.92. The molecular formula is C18H26N6O. The number of carbonyl (C=O) groups is 1. The number of aryl methyl sites for hydroxylation is 2. The van der Waals surface area contributed by atoms with E-state index < -0.39 is 0 Å². The number of nitrogens with zero attached hydrogens (tertiary/aromatic N) is 6. The van der Waals surface area contributed by atoms with Crippen LogP contribution in [0.3, 0.4) is 0 Å². The SMILES string of the molecule is Cc1cc(C)n(CC2CCCCN2C(=O)c2ccc(N(C)C)nn2)n1. The Bertz CT molecular complexity index is 737. The first-order valence-corrected chi connectivity index (χ1v) is 8.79. The second-order valence-corrected chi connectivity index (χ2v) is 6.93. The molecule has 1 amide bonds. The molecule has 2 aromatic heterocycles. The summed E-state index contributed by atoms with van der Waals surface area (Å²) in [6.45, 7) is 5.55. The molecule has 1 unspecified atom stereocenters. The molecule has 1 fully saturated rings. The standard InChI is InChI=1S/C18H26N6O/c1-13-11-14(2)24(21-13)12-15-7-5-6-10-23(15)18(25)16-8-9-17(20-19-16)22(3)4/h8-9,11,15H,5-7,10,12H2,1-4H3. The van der Waals surface area contributed by atoms with Crippen LogP contribution in [0.5, 0.6) is 0 Å². The van der Waals surface area contributed by atoms with E-state index >= 15 is 0 Å². The number of piperidine rings is 1. The topological polar surface area (TPSA) is 67.2 Å². The van der Waals surface area contributed by atoms with Crippen LogP contribution in [0.4, 0.5) is 5.82 Å². The molecule has 1 saturated heterocycles. The zero-order chi connectivity index (χ0) is 18.0. The van der Waals surface area contributed by atoms with Crippen molar-refractivity contribution in [1.82, 2.24) is 24.9 Å². The number of anilines is 1. The lowest BCUT2D eigenvalue weighted by atomic mass is 10.0. The minimum atomic E-state index is -0.0379. The van der Waals surface area contributed by atoms with Crippen LogP contribution in [-0.4, -0.2) is 57.5 Å². The van der Waals surface area contributed by atoms with Crippen LogP contribution in [0.2, 0.25) is 0 Å². The maximum atomic E-state index is 13.0. The predicted octanol–water partition coefficient (Wildman–Crippen LogP) is 2.05. The van der Waals surface area contributed by atoms with Gasteiger partial charge in [-0.2, -0.15) is 5.10 Å². The van der Waals surface area contributed by atoms with Gasteiger partial charge in [0, 0.05) is 26.3 Å². The van der Waals surface area contributed by atoms with Crippen molar-refractivity contribution >= 4 is 11.7 Å². The van der Waals surface area contributed by atoms with Crippen molar-refractivity contribution in [3.63, 3.8) is 0 Å². The average molecular weight is 342 g/mol. The van der Waals surface area contributed by atoms with E-state index in [1.807, 2.05) is 41.6 Å². The van der Waals surface area contributed by atoms with E-state index in [1.165, 1.54) is 0 Å². The minimum absolute atomic E-state index is 0.0379. The van der Waals surface area contributed by atoms with Crippen molar-refractivity contribution in [2.75, 3.05) is 25.5 Å². The largest absolute Gasteiger partial charge is 0.361 e. The molecule has 1 atom stereocenters. The fourth-order valence-corrected chi connectivity index (χ4v) is 3.34. The quantitative estimate of drug-likeness (QED) is 0.851. The van der Waals surface area contributed by atoms with Gasteiger partial charge in [0.2, 0.25) is 0 Å².